The topological polar surface area (TPSA) is 84.7 Å². The number of hydrogen-bond donors (Lipinski definition) is 1. The number of amides is 2. The van der Waals surface area contributed by atoms with Crippen LogP contribution < -0.4 is 10.1 Å². The molecule has 2 aliphatic rings. The normalized spacial score (nSPS) is 19.1. The molecule has 0 unspecified atom stereocenters. The van der Waals surface area contributed by atoms with Crippen LogP contribution in [0.2, 0.25) is 0 Å². The highest BCUT2D eigenvalue weighted by Gasteiger charge is 2.33. The fourth-order valence-corrected chi connectivity index (χ4v) is 3.85. The van der Waals surface area contributed by atoms with Crippen LogP contribution in [0.4, 0.5) is 5.69 Å². The fraction of sp³-hybridized carbons (Fsp3) is 0.421. The van der Waals surface area contributed by atoms with Crippen LogP contribution in [0.25, 0.3) is 0 Å². The number of carbonyl (C=O) groups excluding carboxylic acids is 2. The number of anilines is 1. The average Bonchev–Trinajstić information content (AvgIpc) is 3.21. The molecule has 1 fully saturated rings. The van der Waals surface area contributed by atoms with E-state index in [4.69, 9.17) is 9.26 Å². The number of likely N-dealkylation sites (tertiary alicyclic amines) is 1. The van der Waals surface area contributed by atoms with E-state index in [9.17, 15) is 9.59 Å². The zero-order valence-corrected chi connectivity index (χ0v) is 14.9. The number of aromatic nitrogens is 1. The van der Waals surface area contributed by atoms with Gasteiger partial charge >= 0.3 is 0 Å². The third-order valence-corrected chi connectivity index (χ3v) is 5.03. The van der Waals surface area contributed by atoms with E-state index < -0.39 is 0 Å². The summed E-state index contributed by atoms with van der Waals surface area (Å²) in [6, 6.07) is 5.50. The molecule has 0 radical (unpaired) electrons. The van der Waals surface area contributed by atoms with E-state index in [1.165, 1.54) is 0 Å². The highest BCUT2D eigenvalue weighted by atomic mass is 16.5. The summed E-state index contributed by atoms with van der Waals surface area (Å²) in [7, 11) is 0. The molecule has 2 amide bonds. The number of benzene rings is 1. The number of rotatable bonds is 3. The lowest BCUT2D eigenvalue weighted by Gasteiger charge is -2.25. The van der Waals surface area contributed by atoms with Crippen molar-refractivity contribution < 1.29 is 18.8 Å². The fourth-order valence-electron chi connectivity index (χ4n) is 3.85. The van der Waals surface area contributed by atoms with Gasteiger partial charge in [-0.05, 0) is 44.4 Å². The lowest BCUT2D eigenvalue weighted by Crippen LogP contribution is -2.32. The van der Waals surface area contributed by atoms with Crippen molar-refractivity contribution in [3.63, 3.8) is 0 Å². The van der Waals surface area contributed by atoms with Gasteiger partial charge in [0.2, 0.25) is 5.91 Å². The van der Waals surface area contributed by atoms with Crippen LogP contribution in [-0.2, 0) is 16.0 Å². The molecule has 4 rings (SSSR count). The Morgan fingerprint density at radius 3 is 3.00 bits per heavy atom. The van der Waals surface area contributed by atoms with Crippen molar-refractivity contribution in [3.8, 4) is 5.75 Å². The number of fused-ring (bicyclic) bond motifs is 1. The lowest BCUT2D eigenvalue weighted by molar-refractivity contribution is -0.131. The van der Waals surface area contributed by atoms with Gasteiger partial charge < -0.3 is 19.5 Å². The summed E-state index contributed by atoms with van der Waals surface area (Å²) in [6.45, 7) is 4.57. The van der Waals surface area contributed by atoms with Gasteiger partial charge in [0.25, 0.3) is 5.91 Å². The van der Waals surface area contributed by atoms with Crippen molar-refractivity contribution >= 4 is 17.5 Å². The molecule has 0 spiro atoms. The Hall–Kier alpha value is -2.83. The zero-order valence-electron chi connectivity index (χ0n) is 14.9. The molecular formula is C19H21N3O4. The van der Waals surface area contributed by atoms with Crippen molar-refractivity contribution in [3.05, 3.63) is 40.8 Å². The van der Waals surface area contributed by atoms with Gasteiger partial charge in [-0.15, -0.1) is 0 Å². The van der Waals surface area contributed by atoms with Gasteiger partial charge in [0.05, 0.1) is 23.8 Å². The van der Waals surface area contributed by atoms with Crippen molar-refractivity contribution in [2.45, 2.75) is 39.2 Å². The van der Waals surface area contributed by atoms with Gasteiger partial charge in [-0.2, -0.15) is 0 Å². The van der Waals surface area contributed by atoms with Gasteiger partial charge in [-0.25, -0.2) is 0 Å². The molecule has 2 aromatic rings. The van der Waals surface area contributed by atoms with Gasteiger partial charge in [-0.1, -0.05) is 11.2 Å². The zero-order chi connectivity index (χ0) is 18.3. The standard InChI is InChI=1S/C19H21N3O4/c1-11-19(12(2)26-21-11)15-4-3-7-22(15)18(24)9-13-5-6-16-14(8-13)20-17(23)10-25-16/h5-6,8,15H,3-4,7,9-10H2,1-2H3,(H,20,23)/t15-/m1/s1. The number of ether oxygens (including phenoxy) is 1. The van der Waals surface area contributed by atoms with E-state index in [1.54, 1.807) is 6.07 Å². The second kappa shape index (κ2) is 6.48. The van der Waals surface area contributed by atoms with Crippen LogP contribution in [0.15, 0.2) is 22.7 Å². The maximum atomic E-state index is 12.9. The number of carbonyl (C=O) groups is 2. The smallest absolute Gasteiger partial charge is 0.262 e. The average molecular weight is 355 g/mol. The molecule has 2 aliphatic heterocycles. The minimum absolute atomic E-state index is 0.0226. The predicted octanol–water partition coefficient (Wildman–Crippen LogP) is 2.53. The molecule has 26 heavy (non-hydrogen) atoms. The van der Waals surface area contributed by atoms with E-state index in [-0.39, 0.29) is 30.9 Å². The molecular weight excluding hydrogens is 334 g/mol. The summed E-state index contributed by atoms with van der Waals surface area (Å²) >= 11 is 0. The monoisotopic (exact) mass is 355 g/mol. The first-order valence-corrected chi connectivity index (χ1v) is 8.81. The molecule has 1 aromatic heterocycles. The first-order chi connectivity index (χ1) is 12.5. The van der Waals surface area contributed by atoms with E-state index in [1.807, 2.05) is 30.9 Å². The Balaban J connectivity index is 1.53. The first-order valence-electron chi connectivity index (χ1n) is 8.81. The minimum atomic E-state index is -0.181. The third kappa shape index (κ3) is 2.94. The number of aryl methyl sites for hydroxylation is 2. The Kier molecular flexibility index (Phi) is 4.14. The van der Waals surface area contributed by atoms with E-state index in [0.29, 0.717) is 11.4 Å². The summed E-state index contributed by atoms with van der Waals surface area (Å²) in [5, 5.41) is 6.81. The van der Waals surface area contributed by atoms with Crippen molar-refractivity contribution in [2.75, 3.05) is 18.5 Å². The lowest BCUT2D eigenvalue weighted by atomic mass is 10.0. The molecule has 1 atom stereocenters. The van der Waals surface area contributed by atoms with Crippen molar-refractivity contribution in [1.82, 2.24) is 10.1 Å². The van der Waals surface area contributed by atoms with Crippen LogP contribution in [0.5, 0.6) is 5.75 Å². The summed E-state index contributed by atoms with van der Waals surface area (Å²) in [6.07, 6.45) is 2.17. The Morgan fingerprint density at radius 2 is 2.23 bits per heavy atom. The van der Waals surface area contributed by atoms with Crippen LogP contribution in [0, 0.1) is 13.8 Å². The predicted molar refractivity (Wildman–Crippen MR) is 93.9 cm³/mol. The van der Waals surface area contributed by atoms with Gasteiger partial charge in [0.1, 0.15) is 11.5 Å². The maximum Gasteiger partial charge on any atom is 0.262 e. The highest BCUT2D eigenvalue weighted by molar-refractivity contribution is 5.95. The third-order valence-electron chi connectivity index (χ3n) is 5.03. The SMILES string of the molecule is Cc1noc(C)c1[C@H]1CCCN1C(=O)Cc1ccc2c(c1)NC(=O)CO2. The Bertz CT molecular complexity index is 854. The quantitative estimate of drug-likeness (QED) is 0.914. The van der Waals surface area contributed by atoms with E-state index >= 15 is 0 Å². The second-order valence-electron chi connectivity index (χ2n) is 6.83. The molecule has 0 bridgehead atoms. The van der Waals surface area contributed by atoms with Crippen LogP contribution >= 0.6 is 0 Å². The summed E-state index contributed by atoms with van der Waals surface area (Å²) < 4.78 is 10.6. The Labute approximate surface area is 151 Å². The largest absolute Gasteiger partial charge is 0.482 e. The molecule has 7 nitrogen and oxygen atoms in total. The molecule has 0 aliphatic carbocycles. The highest BCUT2D eigenvalue weighted by Crippen LogP contribution is 2.36. The molecule has 0 saturated carbocycles. The van der Waals surface area contributed by atoms with Gasteiger partial charge in [0.15, 0.2) is 6.61 Å². The summed E-state index contributed by atoms with van der Waals surface area (Å²) in [4.78, 5) is 26.3. The van der Waals surface area contributed by atoms with Crippen LogP contribution in [0.3, 0.4) is 0 Å². The van der Waals surface area contributed by atoms with E-state index in [2.05, 4.69) is 10.5 Å². The molecule has 1 saturated heterocycles. The van der Waals surface area contributed by atoms with Gasteiger partial charge in [0, 0.05) is 12.1 Å². The summed E-state index contributed by atoms with van der Waals surface area (Å²) in [5.41, 5.74) is 3.35. The van der Waals surface area contributed by atoms with Crippen molar-refractivity contribution in [2.24, 2.45) is 0 Å². The van der Waals surface area contributed by atoms with Crippen LogP contribution in [-0.4, -0.2) is 35.0 Å². The second-order valence-corrected chi connectivity index (χ2v) is 6.83. The summed E-state index contributed by atoms with van der Waals surface area (Å²) in [5.74, 6) is 1.30. The Morgan fingerprint density at radius 1 is 1.38 bits per heavy atom. The number of nitrogens with zero attached hydrogens (tertiary/aromatic N) is 2. The first kappa shape index (κ1) is 16.6. The molecule has 3 heterocycles. The van der Waals surface area contributed by atoms with Crippen LogP contribution in [0.1, 0.15) is 41.5 Å². The number of nitrogens with one attached hydrogen (secondary N) is 1. The molecule has 1 N–H and O–H groups in total. The molecule has 7 heteroatoms. The van der Waals surface area contributed by atoms with E-state index in [0.717, 1.165) is 42.0 Å². The molecule has 136 valence electrons. The minimum Gasteiger partial charge on any atom is -0.482 e. The molecule has 1 aromatic carbocycles. The van der Waals surface area contributed by atoms with Gasteiger partial charge in [-0.3, -0.25) is 9.59 Å². The van der Waals surface area contributed by atoms with Crippen molar-refractivity contribution in [1.29, 1.82) is 0 Å². The number of hydrogen-bond acceptors (Lipinski definition) is 5. The maximum absolute atomic E-state index is 12.9.